The molecule has 0 unspecified atom stereocenters. The van der Waals surface area contributed by atoms with Crippen LogP contribution in [0.1, 0.15) is 10.5 Å². The summed E-state index contributed by atoms with van der Waals surface area (Å²) in [6.45, 7) is 0. The molecular formula is C19H16FN3O3S. The van der Waals surface area contributed by atoms with Crippen LogP contribution in [0.15, 0.2) is 64.3 Å². The summed E-state index contributed by atoms with van der Waals surface area (Å²) in [4.78, 5) is 25.9. The van der Waals surface area contributed by atoms with Crippen molar-refractivity contribution in [3.63, 3.8) is 0 Å². The maximum absolute atomic E-state index is 13.6. The molecule has 0 saturated carbocycles. The second kappa shape index (κ2) is 8.05. The van der Waals surface area contributed by atoms with Crippen molar-refractivity contribution in [2.45, 2.75) is 4.90 Å². The van der Waals surface area contributed by atoms with E-state index in [1.54, 1.807) is 30.0 Å². The number of rotatable bonds is 5. The number of anilines is 1. The van der Waals surface area contributed by atoms with Crippen molar-refractivity contribution in [1.29, 1.82) is 0 Å². The summed E-state index contributed by atoms with van der Waals surface area (Å²) in [6.07, 6.45) is 1.95. The Kier molecular flexibility index (Phi) is 5.56. The third-order valence-electron chi connectivity index (χ3n) is 3.72. The lowest BCUT2D eigenvalue weighted by Crippen LogP contribution is -2.26. The smallest absolute Gasteiger partial charge is 0.280 e. The number of methoxy groups -OCH3 is 1. The van der Waals surface area contributed by atoms with Crippen LogP contribution in [0.25, 0.3) is 5.69 Å². The molecule has 8 heteroatoms. The molecule has 0 fully saturated rings. The number of carbonyl (C=O) groups excluding carboxylic acids is 1. The first-order chi connectivity index (χ1) is 13.0. The molecule has 0 spiro atoms. The van der Waals surface area contributed by atoms with Crippen molar-refractivity contribution in [3.05, 3.63) is 76.3 Å². The fraction of sp³-hybridized carbons (Fsp3) is 0.105. The van der Waals surface area contributed by atoms with Crippen LogP contribution in [-0.4, -0.2) is 29.1 Å². The molecule has 0 saturated heterocycles. The van der Waals surface area contributed by atoms with Gasteiger partial charge in [-0.1, -0.05) is 6.07 Å². The summed E-state index contributed by atoms with van der Waals surface area (Å²) in [5, 5.41) is 6.72. The van der Waals surface area contributed by atoms with Gasteiger partial charge in [-0.05, 0) is 48.7 Å². The summed E-state index contributed by atoms with van der Waals surface area (Å²) >= 11 is 1.58. The highest BCUT2D eigenvalue weighted by atomic mass is 32.2. The van der Waals surface area contributed by atoms with Crippen molar-refractivity contribution in [2.24, 2.45) is 0 Å². The number of ether oxygens (including phenoxy) is 1. The Morgan fingerprint density at radius 3 is 2.56 bits per heavy atom. The van der Waals surface area contributed by atoms with E-state index in [1.165, 1.54) is 30.0 Å². The Hall–Kier alpha value is -3.13. The summed E-state index contributed by atoms with van der Waals surface area (Å²) in [6, 6.07) is 13.9. The molecule has 0 atom stereocenters. The van der Waals surface area contributed by atoms with Crippen LogP contribution in [0.3, 0.4) is 0 Å². The average Bonchev–Trinajstić information content (AvgIpc) is 2.68. The molecule has 3 aromatic rings. The van der Waals surface area contributed by atoms with Crippen molar-refractivity contribution in [1.82, 2.24) is 9.78 Å². The number of aromatic nitrogens is 2. The number of hydrogen-bond acceptors (Lipinski definition) is 5. The average molecular weight is 385 g/mol. The first kappa shape index (κ1) is 18.7. The van der Waals surface area contributed by atoms with Gasteiger partial charge in [0.15, 0.2) is 5.69 Å². The van der Waals surface area contributed by atoms with Crippen LogP contribution in [0, 0.1) is 5.82 Å². The first-order valence-electron chi connectivity index (χ1n) is 7.91. The molecule has 0 bridgehead atoms. The van der Waals surface area contributed by atoms with Crippen LogP contribution >= 0.6 is 11.8 Å². The molecule has 1 heterocycles. The van der Waals surface area contributed by atoms with Gasteiger partial charge >= 0.3 is 0 Å². The molecule has 27 heavy (non-hydrogen) atoms. The van der Waals surface area contributed by atoms with E-state index in [0.29, 0.717) is 11.4 Å². The minimum atomic E-state index is -0.662. The molecule has 1 aromatic heterocycles. The summed E-state index contributed by atoms with van der Waals surface area (Å²) in [5.41, 5.74) is -0.0657. The van der Waals surface area contributed by atoms with E-state index in [1.807, 2.05) is 18.4 Å². The monoisotopic (exact) mass is 385 g/mol. The Bertz CT molecular complexity index is 1040. The fourth-order valence-corrected chi connectivity index (χ4v) is 2.81. The highest BCUT2D eigenvalue weighted by Gasteiger charge is 2.17. The van der Waals surface area contributed by atoms with E-state index >= 15 is 0 Å². The number of benzene rings is 2. The number of halogens is 1. The third-order valence-corrected chi connectivity index (χ3v) is 4.47. The van der Waals surface area contributed by atoms with Crippen LogP contribution in [0.4, 0.5) is 10.1 Å². The van der Waals surface area contributed by atoms with Gasteiger partial charge in [0, 0.05) is 10.6 Å². The van der Waals surface area contributed by atoms with E-state index < -0.39 is 17.2 Å². The molecule has 1 N–H and O–H groups in total. The maximum atomic E-state index is 13.6. The standard InChI is InChI=1S/C19H16FN3O3S/c1-26-17-11-16(24)18(22-23(17)14-5-3-4-12(20)10-14)19(25)21-13-6-8-15(27-2)9-7-13/h3-11H,1-2H3,(H,21,25). The normalized spacial score (nSPS) is 10.5. The van der Waals surface area contributed by atoms with Gasteiger partial charge in [0.05, 0.1) is 18.9 Å². The molecule has 0 radical (unpaired) electrons. The van der Waals surface area contributed by atoms with E-state index in [9.17, 15) is 14.0 Å². The lowest BCUT2D eigenvalue weighted by atomic mass is 10.3. The Balaban J connectivity index is 1.98. The predicted molar refractivity (Wildman–Crippen MR) is 103 cm³/mol. The van der Waals surface area contributed by atoms with Crippen LogP contribution < -0.4 is 15.5 Å². The third kappa shape index (κ3) is 4.17. The molecular weight excluding hydrogens is 369 g/mol. The van der Waals surface area contributed by atoms with E-state index in [0.717, 1.165) is 11.0 Å². The molecule has 3 rings (SSSR count). The van der Waals surface area contributed by atoms with Gasteiger partial charge in [-0.3, -0.25) is 9.59 Å². The zero-order chi connectivity index (χ0) is 19.4. The van der Waals surface area contributed by atoms with Crippen LogP contribution in [0.5, 0.6) is 5.88 Å². The number of thioether (sulfide) groups is 1. The van der Waals surface area contributed by atoms with E-state index in [4.69, 9.17) is 4.74 Å². The summed E-state index contributed by atoms with van der Waals surface area (Å²) in [7, 11) is 1.36. The number of hydrogen-bond donors (Lipinski definition) is 1. The molecule has 2 aromatic carbocycles. The first-order valence-corrected chi connectivity index (χ1v) is 9.14. The van der Waals surface area contributed by atoms with Crippen molar-refractivity contribution in [3.8, 4) is 11.6 Å². The second-order valence-corrected chi connectivity index (χ2v) is 6.35. The van der Waals surface area contributed by atoms with Gasteiger partial charge in [0.25, 0.3) is 5.91 Å². The number of amides is 1. The molecule has 0 aliphatic rings. The largest absolute Gasteiger partial charge is 0.481 e. The van der Waals surface area contributed by atoms with Gasteiger partial charge in [-0.25, -0.2) is 9.07 Å². The molecule has 138 valence electrons. The summed E-state index contributed by atoms with van der Waals surface area (Å²) < 4.78 is 19.9. The zero-order valence-electron chi connectivity index (χ0n) is 14.6. The van der Waals surface area contributed by atoms with Crippen LogP contribution in [0.2, 0.25) is 0 Å². The highest BCUT2D eigenvalue weighted by Crippen LogP contribution is 2.19. The van der Waals surface area contributed by atoms with Gasteiger partial charge in [-0.15, -0.1) is 11.8 Å². The van der Waals surface area contributed by atoms with Gasteiger partial charge in [0.2, 0.25) is 11.3 Å². The number of carbonyl (C=O) groups is 1. The number of nitrogens with zero attached hydrogens (tertiary/aromatic N) is 2. The Morgan fingerprint density at radius 1 is 1.19 bits per heavy atom. The minimum Gasteiger partial charge on any atom is -0.481 e. The topological polar surface area (TPSA) is 73.2 Å². The Labute approximate surface area is 159 Å². The van der Waals surface area contributed by atoms with Gasteiger partial charge < -0.3 is 10.1 Å². The van der Waals surface area contributed by atoms with Crippen molar-refractivity contribution < 1.29 is 13.9 Å². The van der Waals surface area contributed by atoms with E-state index in [-0.39, 0.29) is 11.6 Å². The second-order valence-electron chi connectivity index (χ2n) is 5.47. The maximum Gasteiger partial charge on any atom is 0.280 e. The molecule has 0 aliphatic heterocycles. The predicted octanol–water partition coefficient (Wildman–Crippen LogP) is 3.35. The molecule has 0 aliphatic carbocycles. The lowest BCUT2D eigenvalue weighted by Gasteiger charge is -2.12. The fourth-order valence-electron chi connectivity index (χ4n) is 2.40. The van der Waals surface area contributed by atoms with Gasteiger partial charge in [-0.2, -0.15) is 5.10 Å². The zero-order valence-corrected chi connectivity index (χ0v) is 15.4. The summed E-state index contributed by atoms with van der Waals surface area (Å²) in [5.74, 6) is -1.05. The quantitative estimate of drug-likeness (QED) is 0.682. The van der Waals surface area contributed by atoms with Crippen LogP contribution in [-0.2, 0) is 0 Å². The lowest BCUT2D eigenvalue weighted by molar-refractivity contribution is 0.101. The SMILES string of the molecule is COc1cc(=O)c(C(=O)Nc2ccc(SC)cc2)nn1-c1cccc(F)c1. The van der Waals surface area contributed by atoms with Crippen molar-refractivity contribution >= 4 is 23.4 Å². The number of nitrogens with one attached hydrogen (secondary N) is 1. The Morgan fingerprint density at radius 2 is 1.93 bits per heavy atom. The molecule has 6 nitrogen and oxygen atoms in total. The highest BCUT2D eigenvalue weighted by molar-refractivity contribution is 7.98. The van der Waals surface area contributed by atoms with E-state index in [2.05, 4.69) is 10.4 Å². The minimum absolute atomic E-state index is 0.0893. The van der Waals surface area contributed by atoms with Gasteiger partial charge in [0.1, 0.15) is 5.82 Å². The molecule has 1 amide bonds. The van der Waals surface area contributed by atoms with Crippen molar-refractivity contribution in [2.75, 3.05) is 18.7 Å².